The first-order valence-electron chi connectivity index (χ1n) is 12.3. The molecule has 0 amide bonds. The molecule has 194 valence electrons. The normalized spacial score (nSPS) is 14.7. The number of nitrogens with one attached hydrogen (secondary N) is 2. The van der Waals surface area contributed by atoms with Gasteiger partial charge in [-0.25, -0.2) is 15.0 Å². The van der Waals surface area contributed by atoms with Crippen molar-refractivity contribution < 1.29 is 13.2 Å². The van der Waals surface area contributed by atoms with Crippen LogP contribution in [-0.2, 0) is 12.7 Å². The summed E-state index contributed by atoms with van der Waals surface area (Å²) in [6.45, 7) is 4.37. The van der Waals surface area contributed by atoms with Crippen LogP contribution in [0.1, 0.15) is 36.5 Å². The first-order chi connectivity index (χ1) is 18.3. The van der Waals surface area contributed by atoms with Gasteiger partial charge in [0.05, 0.1) is 5.56 Å². The van der Waals surface area contributed by atoms with Gasteiger partial charge in [0.15, 0.2) is 11.5 Å². The van der Waals surface area contributed by atoms with Crippen molar-refractivity contribution >= 4 is 17.0 Å². The standard InChI is InChI=1S/C26H24F3N9/c1-14-4-3-5-18(12-14)25-33-22-20(38(25)13-16-6-10-19(11-7-16)26(27,28)29)21(30-15(2)17-8-9-17)31-23(32-22)24-34-36-37-35-24/h3-7,10-12,15,17H,8-9,13H2,1-2H3,(H,30,31,32)(H,34,35,36,37). The summed E-state index contributed by atoms with van der Waals surface area (Å²) in [5, 5.41) is 17.6. The topological polar surface area (TPSA) is 110 Å². The Morgan fingerprint density at radius 3 is 2.50 bits per heavy atom. The van der Waals surface area contributed by atoms with E-state index in [0.29, 0.717) is 34.3 Å². The number of aromatic amines is 1. The molecule has 3 heterocycles. The van der Waals surface area contributed by atoms with E-state index < -0.39 is 11.7 Å². The van der Waals surface area contributed by atoms with Gasteiger partial charge in [-0.2, -0.15) is 18.4 Å². The van der Waals surface area contributed by atoms with Gasteiger partial charge in [0.25, 0.3) is 0 Å². The van der Waals surface area contributed by atoms with Crippen molar-refractivity contribution in [1.82, 2.24) is 40.1 Å². The Kier molecular flexibility index (Phi) is 5.81. The molecule has 1 aliphatic rings. The maximum absolute atomic E-state index is 13.2. The molecule has 9 nitrogen and oxygen atoms in total. The lowest BCUT2D eigenvalue weighted by Gasteiger charge is -2.17. The maximum atomic E-state index is 13.2. The first kappa shape index (κ1) is 24.0. The molecular formula is C26H24F3N9. The van der Waals surface area contributed by atoms with Crippen LogP contribution in [0.15, 0.2) is 48.5 Å². The minimum Gasteiger partial charge on any atom is -0.365 e. The van der Waals surface area contributed by atoms with Crippen LogP contribution >= 0.6 is 0 Å². The molecule has 0 radical (unpaired) electrons. The van der Waals surface area contributed by atoms with Gasteiger partial charge in [-0.1, -0.05) is 35.9 Å². The highest BCUT2D eigenvalue weighted by atomic mass is 19.4. The molecule has 1 unspecified atom stereocenters. The van der Waals surface area contributed by atoms with E-state index in [4.69, 9.17) is 9.97 Å². The second-order valence-electron chi connectivity index (χ2n) is 9.66. The number of hydrogen-bond acceptors (Lipinski definition) is 7. The Balaban J connectivity index is 1.54. The van der Waals surface area contributed by atoms with Crippen LogP contribution in [0, 0.1) is 12.8 Å². The molecule has 0 aliphatic heterocycles. The molecule has 1 atom stereocenters. The highest BCUT2D eigenvalue weighted by molar-refractivity contribution is 5.88. The monoisotopic (exact) mass is 519 g/mol. The zero-order chi connectivity index (χ0) is 26.4. The lowest BCUT2D eigenvalue weighted by molar-refractivity contribution is -0.137. The number of fused-ring (bicyclic) bond motifs is 1. The van der Waals surface area contributed by atoms with Gasteiger partial charge in [0.1, 0.15) is 11.3 Å². The Labute approximate surface area is 215 Å². The molecule has 0 bridgehead atoms. The van der Waals surface area contributed by atoms with E-state index in [9.17, 15) is 13.2 Å². The summed E-state index contributed by atoms with van der Waals surface area (Å²) in [7, 11) is 0. The van der Waals surface area contributed by atoms with E-state index in [2.05, 4.69) is 37.8 Å². The van der Waals surface area contributed by atoms with Crippen molar-refractivity contribution in [2.75, 3.05) is 5.32 Å². The minimum absolute atomic E-state index is 0.156. The fourth-order valence-corrected chi connectivity index (χ4v) is 4.56. The number of aryl methyl sites for hydroxylation is 1. The number of halogens is 3. The smallest absolute Gasteiger partial charge is 0.365 e. The molecule has 1 saturated carbocycles. The van der Waals surface area contributed by atoms with Crippen molar-refractivity contribution in [3.63, 3.8) is 0 Å². The van der Waals surface area contributed by atoms with Crippen molar-refractivity contribution in [3.05, 3.63) is 65.2 Å². The van der Waals surface area contributed by atoms with Crippen LogP contribution in [0.5, 0.6) is 0 Å². The van der Waals surface area contributed by atoms with Crippen molar-refractivity contribution in [1.29, 1.82) is 0 Å². The molecule has 0 saturated heterocycles. The van der Waals surface area contributed by atoms with Gasteiger partial charge in [0, 0.05) is 18.2 Å². The van der Waals surface area contributed by atoms with E-state index in [0.717, 1.165) is 36.1 Å². The molecule has 2 aromatic carbocycles. The third-order valence-corrected chi connectivity index (χ3v) is 6.74. The van der Waals surface area contributed by atoms with Crippen LogP contribution in [0.25, 0.3) is 34.2 Å². The van der Waals surface area contributed by atoms with Crippen molar-refractivity contribution in [3.8, 4) is 23.0 Å². The summed E-state index contributed by atoms with van der Waals surface area (Å²) in [6.07, 6.45) is -2.12. The third kappa shape index (κ3) is 4.69. The van der Waals surface area contributed by atoms with Gasteiger partial charge < -0.3 is 9.88 Å². The predicted molar refractivity (Wildman–Crippen MR) is 135 cm³/mol. The number of H-pyrrole nitrogens is 1. The highest BCUT2D eigenvalue weighted by Crippen LogP contribution is 2.36. The molecule has 6 rings (SSSR count). The van der Waals surface area contributed by atoms with Gasteiger partial charge in [0.2, 0.25) is 11.6 Å². The Morgan fingerprint density at radius 2 is 1.84 bits per heavy atom. The van der Waals surface area contributed by atoms with Crippen LogP contribution < -0.4 is 5.32 Å². The number of rotatable bonds is 7. The quantitative estimate of drug-likeness (QED) is 0.302. The number of alkyl halides is 3. The number of nitrogens with zero attached hydrogens (tertiary/aromatic N) is 7. The zero-order valence-electron chi connectivity index (χ0n) is 20.7. The van der Waals surface area contributed by atoms with Crippen LogP contribution in [-0.4, -0.2) is 46.2 Å². The highest BCUT2D eigenvalue weighted by Gasteiger charge is 2.31. The molecule has 1 aliphatic carbocycles. The van der Waals surface area contributed by atoms with Crippen LogP contribution in [0.3, 0.4) is 0 Å². The average molecular weight is 520 g/mol. The molecule has 12 heteroatoms. The van der Waals surface area contributed by atoms with E-state index in [1.807, 2.05) is 35.8 Å². The zero-order valence-corrected chi connectivity index (χ0v) is 20.7. The maximum Gasteiger partial charge on any atom is 0.416 e. The lowest BCUT2D eigenvalue weighted by Crippen LogP contribution is -2.19. The van der Waals surface area contributed by atoms with E-state index in [-0.39, 0.29) is 24.2 Å². The van der Waals surface area contributed by atoms with Crippen LogP contribution in [0.2, 0.25) is 0 Å². The summed E-state index contributed by atoms with van der Waals surface area (Å²) in [5.41, 5.74) is 2.99. The lowest BCUT2D eigenvalue weighted by atomic mass is 10.1. The molecule has 3 aromatic heterocycles. The molecular weight excluding hydrogens is 495 g/mol. The van der Waals surface area contributed by atoms with Crippen LogP contribution in [0.4, 0.5) is 19.0 Å². The Hall–Kier alpha value is -4.35. The molecule has 5 aromatic rings. The number of benzene rings is 2. The number of anilines is 1. The molecule has 1 fully saturated rings. The van der Waals surface area contributed by atoms with Gasteiger partial charge in [-0.3, -0.25) is 0 Å². The fraction of sp³-hybridized carbons (Fsp3) is 0.308. The number of hydrogen-bond donors (Lipinski definition) is 2. The Bertz CT molecular complexity index is 1590. The summed E-state index contributed by atoms with van der Waals surface area (Å²) in [5.74, 6) is 2.24. The van der Waals surface area contributed by atoms with Crippen molar-refractivity contribution in [2.24, 2.45) is 5.92 Å². The summed E-state index contributed by atoms with van der Waals surface area (Å²) in [4.78, 5) is 14.3. The van der Waals surface area contributed by atoms with Gasteiger partial charge in [-0.15, -0.1) is 10.2 Å². The summed E-state index contributed by atoms with van der Waals surface area (Å²) >= 11 is 0. The van der Waals surface area contributed by atoms with Gasteiger partial charge >= 0.3 is 6.18 Å². The van der Waals surface area contributed by atoms with Crippen molar-refractivity contribution in [2.45, 2.75) is 45.5 Å². The molecule has 38 heavy (non-hydrogen) atoms. The average Bonchev–Trinajstić information content (AvgIpc) is 3.47. The third-order valence-electron chi connectivity index (χ3n) is 6.74. The fourth-order valence-electron chi connectivity index (χ4n) is 4.56. The summed E-state index contributed by atoms with van der Waals surface area (Å²) < 4.78 is 41.5. The predicted octanol–water partition coefficient (Wildman–Crippen LogP) is 5.26. The summed E-state index contributed by atoms with van der Waals surface area (Å²) in [6, 6.07) is 13.2. The van der Waals surface area contributed by atoms with Gasteiger partial charge in [-0.05, 0) is 61.6 Å². The second kappa shape index (κ2) is 9.19. The largest absolute Gasteiger partial charge is 0.416 e. The molecule has 2 N–H and O–H groups in total. The van der Waals surface area contributed by atoms with E-state index in [1.165, 1.54) is 12.1 Å². The minimum atomic E-state index is -4.40. The first-order valence-corrected chi connectivity index (χ1v) is 12.3. The Morgan fingerprint density at radius 1 is 1.05 bits per heavy atom. The number of imidazole rings is 1. The second-order valence-corrected chi connectivity index (χ2v) is 9.66. The number of tetrazole rings is 1. The number of aromatic nitrogens is 8. The van der Waals surface area contributed by atoms with E-state index >= 15 is 0 Å². The molecule has 0 spiro atoms. The SMILES string of the molecule is Cc1cccc(-c2nc3nc(-c4nn[nH]n4)nc(NC(C)C4CC4)c3n2Cc2ccc(C(F)(F)F)cc2)c1. The van der Waals surface area contributed by atoms with E-state index in [1.54, 1.807) is 0 Å².